The number of piperidine rings is 1. The summed E-state index contributed by atoms with van der Waals surface area (Å²) in [5.74, 6) is -0.0643. The summed E-state index contributed by atoms with van der Waals surface area (Å²) in [7, 11) is 0. The van der Waals surface area contributed by atoms with Gasteiger partial charge in [-0.3, -0.25) is 4.79 Å². The number of nitrogens with one attached hydrogen (secondary N) is 2. The van der Waals surface area contributed by atoms with Crippen molar-refractivity contribution in [3.8, 4) is 5.75 Å². The van der Waals surface area contributed by atoms with Gasteiger partial charge in [0.25, 0.3) is 0 Å². The number of rotatable bonds is 5. The molecule has 1 heterocycles. The second-order valence-electron chi connectivity index (χ2n) is 4.64. The summed E-state index contributed by atoms with van der Waals surface area (Å²) in [6, 6.07) is 6.69. The summed E-state index contributed by atoms with van der Waals surface area (Å²) < 4.78 is 5.66. The number of phenols is 1. The molecular formula is C14H20N2O3. The highest BCUT2D eigenvalue weighted by molar-refractivity contribution is 5.92. The van der Waals surface area contributed by atoms with Crippen LogP contribution in [0.3, 0.4) is 0 Å². The second-order valence-corrected chi connectivity index (χ2v) is 4.64. The number of carbonyl (C=O) groups excluding carboxylic acids is 1. The Balaban J connectivity index is 1.68. The molecule has 2 rings (SSSR count). The normalized spacial score (nSPS) is 16.2. The van der Waals surface area contributed by atoms with Gasteiger partial charge in [0.15, 0.2) is 0 Å². The van der Waals surface area contributed by atoms with E-state index < -0.39 is 0 Å². The van der Waals surface area contributed by atoms with Gasteiger partial charge in [0.05, 0.1) is 24.8 Å². The number of aromatic hydroxyl groups is 1. The zero-order valence-corrected chi connectivity index (χ0v) is 10.9. The van der Waals surface area contributed by atoms with E-state index in [0.29, 0.717) is 18.7 Å². The maximum Gasteiger partial charge on any atom is 0.226 e. The lowest BCUT2D eigenvalue weighted by molar-refractivity contribution is -0.117. The molecule has 1 aromatic rings. The molecule has 104 valence electrons. The van der Waals surface area contributed by atoms with Gasteiger partial charge in [0.1, 0.15) is 5.75 Å². The van der Waals surface area contributed by atoms with Gasteiger partial charge < -0.3 is 20.5 Å². The number of amides is 1. The Morgan fingerprint density at radius 3 is 2.84 bits per heavy atom. The molecule has 0 unspecified atom stereocenters. The molecule has 0 saturated carbocycles. The first-order valence-electron chi connectivity index (χ1n) is 6.66. The maximum absolute atomic E-state index is 11.7. The van der Waals surface area contributed by atoms with Crippen LogP contribution in [0.1, 0.15) is 19.3 Å². The molecular weight excluding hydrogens is 244 g/mol. The van der Waals surface area contributed by atoms with Crippen molar-refractivity contribution < 1.29 is 14.6 Å². The quantitative estimate of drug-likeness (QED) is 0.705. The largest absolute Gasteiger partial charge is 0.506 e. The Bertz CT molecular complexity index is 417. The van der Waals surface area contributed by atoms with Crippen LogP contribution in [-0.4, -0.2) is 36.8 Å². The number of benzene rings is 1. The SMILES string of the molecule is O=C(CCOC1CCNCC1)Nc1ccccc1O. The lowest BCUT2D eigenvalue weighted by Crippen LogP contribution is -2.33. The van der Waals surface area contributed by atoms with Gasteiger partial charge >= 0.3 is 0 Å². The van der Waals surface area contributed by atoms with Crippen molar-refractivity contribution in [1.29, 1.82) is 0 Å². The Kier molecular flexibility index (Phi) is 5.18. The fraction of sp³-hybridized carbons (Fsp3) is 0.500. The molecule has 0 aliphatic carbocycles. The highest BCUT2D eigenvalue weighted by Crippen LogP contribution is 2.21. The molecule has 0 radical (unpaired) electrons. The third-order valence-corrected chi connectivity index (χ3v) is 3.15. The van der Waals surface area contributed by atoms with E-state index in [0.717, 1.165) is 25.9 Å². The molecule has 5 heteroatoms. The first kappa shape index (κ1) is 13.8. The first-order valence-corrected chi connectivity index (χ1v) is 6.66. The van der Waals surface area contributed by atoms with Crippen LogP contribution in [0, 0.1) is 0 Å². The number of anilines is 1. The van der Waals surface area contributed by atoms with Gasteiger partial charge in [-0.2, -0.15) is 0 Å². The molecule has 0 bridgehead atoms. The van der Waals surface area contributed by atoms with Crippen LogP contribution >= 0.6 is 0 Å². The molecule has 5 nitrogen and oxygen atoms in total. The lowest BCUT2D eigenvalue weighted by atomic mass is 10.1. The molecule has 1 fully saturated rings. The molecule has 19 heavy (non-hydrogen) atoms. The number of hydrogen-bond acceptors (Lipinski definition) is 4. The summed E-state index contributed by atoms with van der Waals surface area (Å²) in [6.45, 7) is 2.38. The van der Waals surface area contributed by atoms with Crippen LogP contribution < -0.4 is 10.6 Å². The third kappa shape index (κ3) is 4.54. The maximum atomic E-state index is 11.7. The molecule has 1 aliphatic heterocycles. The van der Waals surface area contributed by atoms with Crippen LogP contribution in [0.4, 0.5) is 5.69 Å². The van der Waals surface area contributed by atoms with E-state index in [1.807, 2.05) is 0 Å². The lowest BCUT2D eigenvalue weighted by Gasteiger charge is -2.22. The number of carbonyl (C=O) groups is 1. The summed E-state index contributed by atoms with van der Waals surface area (Å²) in [5, 5.41) is 15.5. The van der Waals surface area contributed by atoms with Crippen molar-refractivity contribution >= 4 is 11.6 Å². The average molecular weight is 264 g/mol. The average Bonchev–Trinajstić information content (AvgIpc) is 2.43. The number of phenolic OH excluding ortho intramolecular Hbond substituents is 1. The van der Waals surface area contributed by atoms with E-state index in [9.17, 15) is 9.90 Å². The minimum Gasteiger partial charge on any atom is -0.506 e. The van der Waals surface area contributed by atoms with Gasteiger partial charge in [-0.05, 0) is 38.1 Å². The number of ether oxygens (including phenoxy) is 1. The van der Waals surface area contributed by atoms with E-state index in [-0.39, 0.29) is 17.8 Å². The van der Waals surface area contributed by atoms with Gasteiger partial charge in [0, 0.05) is 0 Å². The molecule has 1 aliphatic rings. The molecule has 0 spiro atoms. The fourth-order valence-corrected chi connectivity index (χ4v) is 2.07. The van der Waals surface area contributed by atoms with Gasteiger partial charge in [-0.1, -0.05) is 12.1 Å². The van der Waals surface area contributed by atoms with Crippen LogP contribution in [0.2, 0.25) is 0 Å². The minimum absolute atomic E-state index is 0.0788. The molecule has 1 amide bonds. The molecule has 3 N–H and O–H groups in total. The highest BCUT2D eigenvalue weighted by atomic mass is 16.5. The number of hydrogen-bond donors (Lipinski definition) is 3. The first-order chi connectivity index (χ1) is 9.25. The predicted octanol–water partition coefficient (Wildman–Crippen LogP) is 1.49. The smallest absolute Gasteiger partial charge is 0.226 e. The molecule has 1 saturated heterocycles. The van der Waals surface area contributed by atoms with E-state index in [1.54, 1.807) is 24.3 Å². The molecule has 0 aromatic heterocycles. The van der Waals surface area contributed by atoms with Crippen molar-refractivity contribution in [3.63, 3.8) is 0 Å². The third-order valence-electron chi connectivity index (χ3n) is 3.15. The Hall–Kier alpha value is -1.59. The summed E-state index contributed by atoms with van der Waals surface area (Å²) in [5.41, 5.74) is 0.439. The predicted molar refractivity (Wildman–Crippen MR) is 73.2 cm³/mol. The fourth-order valence-electron chi connectivity index (χ4n) is 2.07. The van der Waals surface area contributed by atoms with Gasteiger partial charge in [0.2, 0.25) is 5.91 Å². The zero-order valence-electron chi connectivity index (χ0n) is 10.9. The van der Waals surface area contributed by atoms with Gasteiger partial charge in [-0.15, -0.1) is 0 Å². The summed E-state index contributed by atoms with van der Waals surface area (Å²) in [6.07, 6.45) is 2.57. The Morgan fingerprint density at radius 2 is 2.11 bits per heavy atom. The van der Waals surface area contributed by atoms with Gasteiger partial charge in [-0.25, -0.2) is 0 Å². The summed E-state index contributed by atoms with van der Waals surface area (Å²) in [4.78, 5) is 11.7. The van der Waals surface area contributed by atoms with Crippen LogP contribution in [0.5, 0.6) is 5.75 Å². The van der Waals surface area contributed by atoms with Crippen LogP contribution in [-0.2, 0) is 9.53 Å². The van der Waals surface area contributed by atoms with Crippen molar-refractivity contribution in [2.45, 2.75) is 25.4 Å². The number of para-hydroxylation sites is 2. The summed E-state index contributed by atoms with van der Waals surface area (Å²) >= 11 is 0. The second kappa shape index (κ2) is 7.11. The van der Waals surface area contributed by atoms with Crippen molar-refractivity contribution in [3.05, 3.63) is 24.3 Å². The topological polar surface area (TPSA) is 70.6 Å². The van der Waals surface area contributed by atoms with Crippen molar-refractivity contribution in [2.75, 3.05) is 25.0 Å². The Labute approximate surface area is 113 Å². The standard InChI is InChI=1S/C14H20N2O3/c17-13-4-2-1-3-12(13)16-14(18)7-10-19-11-5-8-15-9-6-11/h1-4,11,15,17H,5-10H2,(H,16,18). The van der Waals surface area contributed by atoms with Crippen LogP contribution in [0.15, 0.2) is 24.3 Å². The molecule has 0 atom stereocenters. The minimum atomic E-state index is -0.143. The van der Waals surface area contributed by atoms with E-state index in [2.05, 4.69) is 10.6 Å². The Morgan fingerprint density at radius 1 is 1.37 bits per heavy atom. The van der Waals surface area contributed by atoms with E-state index in [1.165, 1.54) is 0 Å². The monoisotopic (exact) mass is 264 g/mol. The van der Waals surface area contributed by atoms with E-state index in [4.69, 9.17) is 4.74 Å². The van der Waals surface area contributed by atoms with Crippen molar-refractivity contribution in [2.24, 2.45) is 0 Å². The van der Waals surface area contributed by atoms with Crippen LogP contribution in [0.25, 0.3) is 0 Å². The zero-order chi connectivity index (χ0) is 13.5. The highest BCUT2D eigenvalue weighted by Gasteiger charge is 2.13. The van der Waals surface area contributed by atoms with Crippen molar-refractivity contribution in [1.82, 2.24) is 5.32 Å². The molecule has 1 aromatic carbocycles. The van der Waals surface area contributed by atoms with E-state index >= 15 is 0 Å².